The summed E-state index contributed by atoms with van der Waals surface area (Å²) in [6.45, 7) is 21.7. The molecule has 0 aliphatic rings. The lowest BCUT2D eigenvalue weighted by molar-refractivity contribution is -0.187. The molecule has 2 unspecified atom stereocenters. The van der Waals surface area contributed by atoms with Crippen molar-refractivity contribution in [3.05, 3.63) is 0 Å². The summed E-state index contributed by atoms with van der Waals surface area (Å²) in [4.78, 5) is 49.8. The third-order valence-electron chi connectivity index (χ3n) is 5.12. The van der Waals surface area contributed by atoms with E-state index >= 15 is 0 Å². The van der Waals surface area contributed by atoms with Crippen LogP contribution in [0.2, 0.25) is 0 Å². The molecule has 0 bridgehead atoms. The molecule has 8 heteroatoms. The van der Waals surface area contributed by atoms with E-state index in [9.17, 15) is 29.4 Å². The standard InChI is InChI=1S/C24H42O8/c1-21(2,3)15(22(4,5)6)19(29)31-17(27)13(25)14(26)18(28)32-20(30)16(23(7,8)9)24(10,11)12/h13-16,25-26H,1-12H3. The molecule has 0 heterocycles. The summed E-state index contributed by atoms with van der Waals surface area (Å²) in [6, 6.07) is 0. The van der Waals surface area contributed by atoms with E-state index in [0.29, 0.717) is 0 Å². The fraction of sp³-hybridized carbons (Fsp3) is 0.833. The molecule has 2 N–H and O–H groups in total. The first-order chi connectivity index (χ1) is 13.9. The van der Waals surface area contributed by atoms with Gasteiger partial charge in [-0.2, -0.15) is 0 Å². The lowest BCUT2D eigenvalue weighted by atomic mass is 9.66. The smallest absolute Gasteiger partial charge is 0.346 e. The van der Waals surface area contributed by atoms with E-state index in [1.807, 2.05) is 83.1 Å². The van der Waals surface area contributed by atoms with Gasteiger partial charge in [-0.25, -0.2) is 9.59 Å². The minimum atomic E-state index is -2.39. The second-order valence-corrected chi connectivity index (χ2v) is 12.7. The number of hydrogen-bond acceptors (Lipinski definition) is 8. The average molecular weight is 459 g/mol. The first kappa shape index (κ1) is 30.2. The van der Waals surface area contributed by atoms with Crippen molar-refractivity contribution in [3.8, 4) is 0 Å². The third kappa shape index (κ3) is 8.28. The van der Waals surface area contributed by atoms with Gasteiger partial charge in [0.1, 0.15) is 0 Å². The maximum absolute atomic E-state index is 12.6. The number of ether oxygens (including phenoxy) is 2. The number of aliphatic hydroxyl groups excluding tert-OH is 2. The van der Waals surface area contributed by atoms with Crippen LogP contribution in [0.1, 0.15) is 83.1 Å². The highest BCUT2D eigenvalue weighted by Crippen LogP contribution is 2.41. The molecule has 0 fully saturated rings. The van der Waals surface area contributed by atoms with Crippen molar-refractivity contribution >= 4 is 23.9 Å². The molecule has 0 rings (SSSR count). The molecule has 0 aromatic rings. The molecule has 0 aromatic heterocycles. The van der Waals surface area contributed by atoms with E-state index in [4.69, 9.17) is 9.47 Å². The average Bonchev–Trinajstić information content (AvgIpc) is 2.46. The lowest BCUT2D eigenvalue weighted by Gasteiger charge is -2.38. The molecule has 0 aliphatic heterocycles. The van der Waals surface area contributed by atoms with Gasteiger partial charge in [0, 0.05) is 0 Å². The molecule has 0 aliphatic carbocycles. The van der Waals surface area contributed by atoms with Crippen molar-refractivity contribution < 1.29 is 38.9 Å². The Bertz CT molecular complexity index is 620. The molecule has 0 aromatic carbocycles. The Balaban J connectivity index is 5.41. The quantitative estimate of drug-likeness (QED) is 0.475. The first-order valence-electron chi connectivity index (χ1n) is 10.8. The Morgan fingerprint density at radius 3 is 0.812 bits per heavy atom. The number of carbonyl (C=O) groups is 4. The predicted octanol–water partition coefficient (Wildman–Crippen LogP) is 3.26. The summed E-state index contributed by atoms with van der Waals surface area (Å²) in [5.41, 5.74) is -2.22. The summed E-state index contributed by atoms with van der Waals surface area (Å²) >= 11 is 0. The summed E-state index contributed by atoms with van der Waals surface area (Å²) in [6.07, 6.45) is -4.77. The molecule has 8 nitrogen and oxygen atoms in total. The number of rotatable bonds is 5. The summed E-state index contributed by atoms with van der Waals surface area (Å²) in [5.74, 6) is -6.17. The molecule has 186 valence electrons. The fourth-order valence-electron chi connectivity index (χ4n) is 4.71. The van der Waals surface area contributed by atoms with Gasteiger partial charge in [-0.15, -0.1) is 0 Å². The van der Waals surface area contributed by atoms with Crippen LogP contribution >= 0.6 is 0 Å². The molecule has 32 heavy (non-hydrogen) atoms. The van der Waals surface area contributed by atoms with Crippen LogP contribution < -0.4 is 0 Å². The minimum Gasteiger partial charge on any atom is -0.391 e. The van der Waals surface area contributed by atoms with Crippen LogP contribution in [0.4, 0.5) is 0 Å². The largest absolute Gasteiger partial charge is 0.391 e. The van der Waals surface area contributed by atoms with Gasteiger partial charge < -0.3 is 19.7 Å². The number of hydrogen-bond donors (Lipinski definition) is 2. The Morgan fingerprint density at radius 2 is 0.656 bits per heavy atom. The van der Waals surface area contributed by atoms with E-state index in [1.54, 1.807) is 0 Å². The maximum Gasteiger partial charge on any atom is 0.346 e. The van der Waals surface area contributed by atoms with Crippen molar-refractivity contribution in [2.75, 3.05) is 0 Å². The van der Waals surface area contributed by atoms with Crippen LogP contribution in [0.5, 0.6) is 0 Å². The van der Waals surface area contributed by atoms with Crippen LogP contribution in [0.25, 0.3) is 0 Å². The molecular weight excluding hydrogens is 416 g/mol. The normalized spacial score (nSPS) is 15.4. The van der Waals surface area contributed by atoms with E-state index in [0.717, 1.165) is 0 Å². The highest BCUT2D eigenvalue weighted by atomic mass is 16.6. The summed E-state index contributed by atoms with van der Waals surface area (Å²) in [5, 5.41) is 20.2. The Hall–Kier alpha value is -1.80. The Morgan fingerprint density at radius 1 is 0.469 bits per heavy atom. The monoisotopic (exact) mass is 458 g/mol. The number of aliphatic hydroxyl groups is 2. The zero-order valence-electron chi connectivity index (χ0n) is 21.7. The van der Waals surface area contributed by atoms with Crippen LogP contribution in [-0.2, 0) is 28.7 Å². The van der Waals surface area contributed by atoms with Gasteiger partial charge in [-0.3, -0.25) is 9.59 Å². The van der Waals surface area contributed by atoms with Gasteiger partial charge in [0.05, 0.1) is 11.8 Å². The van der Waals surface area contributed by atoms with Crippen LogP contribution in [0, 0.1) is 33.5 Å². The topological polar surface area (TPSA) is 127 Å². The minimum absolute atomic E-state index is 0.556. The predicted molar refractivity (Wildman–Crippen MR) is 119 cm³/mol. The second kappa shape index (κ2) is 10.00. The van der Waals surface area contributed by atoms with E-state index in [2.05, 4.69) is 0 Å². The third-order valence-corrected chi connectivity index (χ3v) is 5.12. The van der Waals surface area contributed by atoms with Crippen molar-refractivity contribution in [1.29, 1.82) is 0 Å². The van der Waals surface area contributed by atoms with Gasteiger partial charge in [-0.1, -0.05) is 83.1 Å². The summed E-state index contributed by atoms with van der Waals surface area (Å²) < 4.78 is 9.56. The van der Waals surface area contributed by atoms with Crippen molar-refractivity contribution in [3.63, 3.8) is 0 Å². The van der Waals surface area contributed by atoms with Gasteiger partial charge in [0.2, 0.25) is 0 Å². The highest BCUT2D eigenvalue weighted by Gasteiger charge is 2.46. The molecular formula is C24H42O8. The summed E-state index contributed by atoms with van der Waals surface area (Å²) in [7, 11) is 0. The lowest BCUT2D eigenvalue weighted by Crippen LogP contribution is -2.47. The van der Waals surface area contributed by atoms with Gasteiger partial charge in [-0.05, 0) is 21.7 Å². The number of esters is 4. The van der Waals surface area contributed by atoms with Crippen LogP contribution in [0.15, 0.2) is 0 Å². The molecule has 0 saturated heterocycles. The van der Waals surface area contributed by atoms with Gasteiger partial charge in [0.15, 0.2) is 12.2 Å². The van der Waals surface area contributed by atoms with Crippen LogP contribution in [-0.4, -0.2) is 46.3 Å². The maximum atomic E-state index is 12.6. The number of carbonyl (C=O) groups excluding carboxylic acids is 4. The Kier molecular flexibility index (Phi) is 9.43. The van der Waals surface area contributed by atoms with Crippen molar-refractivity contribution in [1.82, 2.24) is 0 Å². The van der Waals surface area contributed by atoms with Crippen LogP contribution in [0.3, 0.4) is 0 Å². The van der Waals surface area contributed by atoms with Gasteiger partial charge in [0.25, 0.3) is 0 Å². The van der Waals surface area contributed by atoms with Crippen molar-refractivity contribution in [2.45, 2.75) is 95.3 Å². The van der Waals surface area contributed by atoms with E-state index < -0.39 is 69.6 Å². The molecule has 0 amide bonds. The highest BCUT2D eigenvalue weighted by molar-refractivity contribution is 5.95. The fourth-order valence-corrected chi connectivity index (χ4v) is 4.71. The van der Waals surface area contributed by atoms with E-state index in [1.165, 1.54) is 0 Å². The van der Waals surface area contributed by atoms with Crippen molar-refractivity contribution in [2.24, 2.45) is 33.5 Å². The first-order valence-corrected chi connectivity index (χ1v) is 10.8. The zero-order chi connectivity index (χ0) is 26.0. The SMILES string of the molecule is CC(C)(C)C(C(=O)OC(=O)C(O)C(O)C(=O)OC(=O)C(C(C)(C)C)C(C)(C)C)C(C)(C)C. The van der Waals surface area contributed by atoms with Gasteiger partial charge >= 0.3 is 23.9 Å². The molecule has 0 saturated carbocycles. The zero-order valence-corrected chi connectivity index (χ0v) is 21.7. The second-order valence-electron chi connectivity index (χ2n) is 12.7. The molecule has 0 radical (unpaired) electrons. The van der Waals surface area contributed by atoms with E-state index in [-0.39, 0.29) is 0 Å². The molecule has 0 spiro atoms. The molecule has 2 atom stereocenters. The Labute approximate surface area is 192 Å².